The number of likely N-dealkylation sites (tertiary alicyclic amines) is 1. The molecule has 1 atom stereocenters. The third kappa shape index (κ3) is 6.76. The lowest BCUT2D eigenvalue weighted by atomic mass is 9.81. The van der Waals surface area contributed by atoms with Crippen molar-refractivity contribution in [2.24, 2.45) is 0 Å². The van der Waals surface area contributed by atoms with E-state index in [1.807, 2.05) is 6.20 Å². The topological polar surface area (TPSA) is 107 Å². The van der Waals surface area contributed by atoms with Crippen molar-refractivity contribution < 1.29 is 32.6 Å². The van der Waals surface area contributed by atoms with Gasteiger partial charge in [-0.1, -0.05) is 17.4 Å². The molecule has 0 spiro atoms. The Hall–Kier alpha value is -2.74. The predicted octanol–water partition coefficient (Wildman–Crippen LogP) is 2.75. The summed E-state index contributed by atoms with van der Waals surface area (Å²) in [4.78, 5) is 34.7. The molecule has 2 amide bonds. The molecule has 9 nitrogen and oxygen atoms in total. The second-order valence-corrected chi connectivity index (χ2v) is 11.7. The van der Waals surface area contributed by atoms with Gasteiger partial charge in [0, 0.05) is 50.0 Å². The van der Waals surface area contributed by atoms with E-state index in [9.17, 15) is 27.9 Å². The highest BCUT2D eigenvalue weighted by molar-refractivity contribution is 7.15. The normalized spacial score (nSPS) is 26.1. The maximum absolute atomic E-state index is 12.9. The van der Waals surface area contributed by atoms with Crippen molar-refractivity contribution in [1.82, 2.24) is 20.5 Å². The van der Waals surface area contributed by atoms with Gasteiger partial charge in [-0.15, -0.1) is 0 Å². The lowest BCUT2D eigenvalue weighted by molar-refractivity contribution is -0.137. The number of hydrogen-bond acceptors (Lipinski definition) is 8. The predicted molar refractivity (Wildman–Crippen MR) is 143 cm³/mol. The smallest absolute Gasteiger partial charge is 0.384 e. The van der Waals surface area contributed by atoms with Crippen LogP contribution in [0.5, 0.6) is 0 Å². The number of nitrogens with zero attached hydrogens (tertiary/aromatic N) is 3. The van der Waals surface area contributed by atoms with E-state index in [2.05, 4.69) is 25.4 Å². The van der Waals surface area contributed by atoms with Gasteiger partial charge in [0.1, 0.15) is 5.60 Å². The highest BCUT2D eigenvalue weighted by Gasteiger charge is 2.40. The Morgan fingerprint density at radius 1 is 1.15 bits per heavy atom. The first-order chi connectivity index (χ1) is 19.1. The van der Waals surface area contributed by atoms with Crippen LogP contribution in [0.2, 0.25) is 0 Å². The van der Waals surface area contributed by atoms with E-state index in [1.54, 1.807) is 11.3 Å². The molecule has 2 saturated heterocycles. The number of amides is 2. The Bertz CT molecular complexity index is 1190. The molecule has 1 aromatic heterocycles. The number of ether oxygens (including phenoxy) is 1. The number of aromatic nitrogens is 1. The number of hydrogen-bond donors (Lipinski definition) is 3. The fourth-order valence-corrected chi connectivity index (χ4v) is 6.80. The van der Waals surface area contributed by atoms with Crippen molar-refractivity contribution in [3.05, 3.63) is 46.5 Å². The molecule has 1 aromatic carbocycles. The van der Waals surface area contributed by atoms with E-state index in [4.69, 9.17) is 4.74 Å². The van der Waals surface area contributed by atoms with E-state index in [0.29, 0.717) is 38.6 Å². The zero-order chi connectivity index (χ0) is 28.3. The van der Waals surface area contributed by atoms with Gasteiger partial charge in [-0.05, 0) is 50.3 Å². The lowest BCUT2D eigenvalue weighted by Gasteiger charge is -2.39. The number of nitrogens with one attached hydrogen (secondary N) is 2. The van der Waals surface area contributed by atoms with Crippen LogP contribution < -0.4 is 15.5 Å². The van der Waals surface area contributed by atoms with Crippen LogP contribution in [-0.2, 0) is 21.3 Å². The molecule has 1 saturated carbocycles. The summed E-state index contributed by atoms with van der Waals surface area (Å²) in [6, 6.07) is 4.35. The zero-order valence-corrected chi connectivity index (χ0v) is 22.9. The summed E-state index contributed by atoms with van der Waals surface area (Å²) in [5, 5.41) is 17.6. The van der Waals surface area contributed by atoms with Gasteiger partial charge in [-0.2, -0.15) is 13.2 Å². The van der Waals surface area contributed by atoms with Crippen molar-refractivity contribution >= 4 is 28.3 Å². The summed E-state index contributed by atoms with van der Waals surface area (Å²) in [5.74, 6) is -1.12. The van der Waals surface area contributed by atoms with Crippen molar-refractivity contribution in [1.29, 1.82) is 0 Å². The molecule has 2 aromatic rings. The average Bonchev–Trinajstić information content (AvgIpc) is 3.63. The fraction of sp³-hybridized carbons (Fsp3) is 0.593. The minimum absolute atomic E-state index is 0.0728. The standard InChI is InChI=1S/C27H34F3N5O4S/c28-27(29,30)19-3-1-2-18(14-19)24(37)31-16-23(36)33-20-6-9-35(17-20)21-4-7-26(38,8-5-21)22-15-32-25(40-22)34-10-12-39-13-11-34/h1-3,14-15,20-21,38H,4-13,16-17H2,(H,31,37)(H,33,36)/t20-,21?,26?/m1/s1. The van der Waals surface area contributed by atoms with Gasteiger partial charge in [0.2, 0.25) is 5.91 Å². The van der Waals surface area contributed by atoms with Crippen LogP contribution in [-0.4, -0.2) is 84.8 Å². The van der Waals surface area contributed by atoms with Gasteiger partial charge >= 0.3 is 6.18 Å². The number of alkyl halides is 3. The van der Waals surface area contributed by atoms with E-state index >= 15 is 0 Å². The van der Waals surface area contributed by atoms with Crippen LogP contribution in [0.4, 0.5) is 18.3 Å². The molecule has 3 fully saturated rings. The maximum atomic E-state index is 12.9. The molecule has 0 bridgehead atoms. The quantitative estimate of drug-likeness (QED) is 0.462. The number of rotatable bonds is 7. The Balaban J connectivity index is 1.05. The van der Waals surface area contributed by atoms with Crippen molar-refractivity contribution in [2.45, 2.75) is 56.0 Å². The van der Waals surface area contributed by atoms with E-state index in [-0.39, 0.29) is 24.1 Å². The SMILES string of the molecule is O=C(CNC(=O)c1cccc(C(F)(F)F)c1)N[C@@H]1CCN(C2CCC(O)(c3cnc(N4CCOCC4)s3)CC2)C1. The Labute approximate surface area is 234 Å². The minimum atomic E-state index is -4.55. The fourth-order valence-electron chi connectivity index (χ4n) is 5.69. The van der Waals surface area contributed by atoms with Gasteiger partial charge in [0.25, 0.3) is 5.91 Å². The Kier molecular flexibility index (Phi) is 8.64. The number of aliphatic hydroxyl groups is 1. The molecule has 13 heteroatoms. The Morgan fingerprint density at radius 3 is 2.62 bits per heavy atom. The van der Waals surface area contributed by atoms with Gasteiger partial charge in [-0.3, -0.25) is 14.5 Å². The molecule has 3 aliphatic rings. The summed E-state index contributed by atoms with van der Waals surface area (Å²) in [6.45, 7) is 4.18. The highest BCUT2D eigenvalue weighted by Crippen LogP contribution is 2.42. The molecule has 40 heavy (non-hydrogen) atoms. The number of carbonyl (C=O) groups is 2. The molecule has 1 aliphatic carbocycles. The third-order valence-corrected chi connectivity index (χ3v) is 9.23. The molecule has 3 heterocycles. The van der Waals surface area contributed by atoms with E-state index in [1.165, 1.54) is 6.07 Å². The molecule has 5 rings (SSSR count). The van der Waals surface area contributed by atoms with Gasteiger partial charge in [0.05, 0.1) is 30.2 Å². The second-order valence-electron chi connectivity index (χ2n) is 10.7. The first kappa shape index (κ1) is 28.8. The molecule has 0 radical (unpaired) electrons. The summed E-state index contributed by atoms with van der Waals surface area (Å²) in [6.07, 6.45) is 1.01. The van der Waals surface area contributed by atoms with Gasteiger partial charge in [-0.25, -0.2) is 4.98 Å². The number of benzene rings is 1. The maximum Gasteiger partial charge on any atom is 0.416 e. The van der Waals surface area contributed by atoms with Crippen LogP contribution in [0, 0.1) is 0 Å². The minimum Gasteiger partial charge on any atom is -0.384 e. The van der Waals surface area contributed by atoms with Crippen LogP contribution in [0.3, 0.4) is 0 Å². The molecular formula is C27H34F3N5O4S. The second kappa shape index (κ2) is 12.0. The summed E-state index contributed by atoms with van der Waals surface area (Å²) < 4.78 is 44.1. The van der Waals surface area contributed by atoms with Crippen molar-refractivity contribution in [3.8, 4) is 0 Å². The number of halogens is 3. The zero-order valence-electron chi connectivity index (χ0n) is 22.1. The van der Waals surface area contributed by atoms with Crippen LogP contribution >= 0.6 is 11.3 Å². The van der Waals surface area contributed by atoms with Gasteiger partial charge in [0.15, 0.2) is 5.13 Å². The summed E-state index contributed by atoms with van der Waals surface area (Å²) >= 11 is 1.56. The molecule has 0 unspecified atom stereocenters. The van der Waals surface area contributed by atoms with Crippen LogP contribution in [0.25, 0.3) is 0 Å². The molecule has 3 N–H and O–H groups in total. The van der Waals surface area contributed by atoms with Crippen molar-refractivity contribution in [2.75, 3.05) is 50.8 Å². The number of morpholine rings is 1. The largest absolute Gasteiger partial charge is 0.416 e. The van der Waals surface area contributed by atoms with Crippen LogP contribution in [0.1, 0.15) is 52.9 Å². The Morgan fingerprint density at radius 2 is 1.90 bits per heavy atom. The molecule has 2 aliphatic heterocycles. The summed E-state index contributed by atoms with van der Waals surface area (Å²) in [5.41, 5.74) is -1.94. The first-order valence-corrected chi connectivity index (χ1v) is 14.4. The highest BCUT2D eigenvalue weighted by atomic mass is 32.1. The molecular weight excluding hydrogens is 547 g/mol. The average molecular weight is 582 g/mol. The van der Waals surface area contributed by atoms with E-state index < -0.39 is 23.2 Å². The third-order valence-electron chi connectivity index (χ3n) is 7.98. The van der Waals surface area contributed by atoms with Crippen LogP contribution in [0.15, 0.2) is 30.5 Å². The van der Waals surface area contributed by atoms with E-state index in [0.717, 1.165) is 67.1 Å². The molecule has 218 valence electrons. The monoisotopic (exact) mass is 581 g/mol. The lowest BCUT2D eigenvalue weighted by Crippen LogP contribution is -2.45. The number of carbonyl (C=O) groups excluding carboxylic acids is 2. The van der Waals surface area contributed by atoms with Gasteiger partial charge < -0.3 is 25.4 Å². The number of thiazole rings is 1. The van der Waals surface area contributed by atoms with Crippen molar-refractivity contribution in [3.63, 3.8) is 0 Å². The summed E-state index contributed by atoms with van der Waals surface area (Å²) in [7, 11) is 0. The first-order valence-electron chi connectivity index (χ1n) is 13.6. The number of anilines is 1.